The Hall–Kier alpha value is -2.43. The second-order valence-electron chi connectivity index (χ2n) is 3.32. The third kappa shape index (κ3) is 1.22. The molecule has 0 radical (unpaired) electrons. The molecule has 16 heavy (non-hydrogen) atoms. The lowest BCUT2D eigenvalue weighted by atomic mass is 10.1. The van der Waals surface area contributed by atoms with E-state index in [0.29, 0.717) is 17.2 Å². The van der Waals surface area contributed by atoms with Crippen molar-refractivity contribution in [1.82, 2.24) is 15.1 Å². The van der Waals surface area contributed by atoms with Crippen LogP contribution in [0.5, 0.6) is 0 Å². The summed E-state index contributed by atoms with van der Waals surface area (Å²) in [6.45, 7) is 0. The van der Waals surface area contributed by atoms with Crippen molar-refractivity contribution in [2.45, 2.75) is 0 Å². The molecular weight excluding hydrogens is 204 g/mol. The molecule has 0 saturated heterocycles. The van der Waals surface area contributed by atoms with Gasteiger partial charge in [0.05, 0.1) is 5.39 Å². The van der Waals surface area contributed by atoms with E-state index in [4.69, 9.17) is 10.3 Å². The van der Waals surface area contributed by atoms with Gasteiger partial charge in [-0.25, -0.2) is 9.97 Å². The lowest BCUT2D eigenvalue weighted by Gasteiger charge is -1.98. The Balaban J connectivity index is 2.32. The Bertz CT molecular complexity index is 633. The van der Waals surface area contributed by atoms with Crippen LogP contribution in [-0.4, -0.2) is 15.1 Å². The van der Waals surface area contributed by atoms with E-state index in [0.717, 1.165) is 10.9 Å². The van der Waals surface area contributed by atoms with Crippen molar-refractivity contribution in [2.24, 2.45) is 0 Å². The molecule has 0 aliphatic heterocycles. The van der Waals surface area contributed by atoms with E-state index in [1.54, 1.807) is 18.5 Å². The Morgan fingerprint density at radius 3 is 2.69 bits per heavy atom. The number of nitrogens with two attached hydrogens (primary N) is 1. The minimum atomic E-state index is 0.313. The predicted octanol–water partition coefficient (Wildman–Crippen LogP) is 1.87. The van der Waals surface area contributed by atoms with Crippen LogP contribution in [0.4, 0.5) is 5.88 Å². The highest BCUT2D eigenvalue weighted by Gasteiger charge is 2.11. The summed E-state index contributed by atoms with van der Waals surface area (Å²) in [6.07, 6.45) is 3.37. The van der Waals surface area contributed by atoms with Gasteiger partial charge in [-0.2, -0.15) is 0 Å². The van der Waals surface area contributed by atoms with Crippen molar-refractivity contribution in [2.75, 3.05) is 5.73 Å². The van der Waals surface area contributed by atoms with Crippen molar-refractivity contribution in [3.8, 4) is 11.4 Å². The molecule has 0 bridgehead atoms. The fourth-order valence-corrected chi connectivity index (χ4v) is 1.60. The molecule has 1 aromatic carbocycles. The number of anilines is 1. The van der Waals surface area contributed by atoms with Gasteiger partial charge in [-0.3, -0.25) is 0 Å². The first-order valence-corrected chi connectivity index (χ1v) is 4.77. The van der Waals surface area contributed by atoms with E-state index in [2.05, 4.69) is 15.1 Å². The quantitative estimate of drug-likeness (QED) is 0.666. The van der Waals surface area contributed by atoms with Crippen LogP contribution in [0.3, 0.4) is 0 Å². The molecule has 5 heteroatoms. The van der Waals surface area contributed by atoms with Gasteiger partial charge in [0.1, 0.15) is 5.52 Å². The molecular formula is C11H8N4O. The minimum Gasteiger partial charge on any atom is -0.367 e. The highest BCUT2D eigenvalue weighted by Crippen LogP contribution is 2.28. The van der Waals surface area contributed by atoms with Gasteiger partial charge in [0.2, 0.25) is 5.88 Å². The van der Waals surface area contributed by atoms with E-state index in [1.165, 1.54) is 0 Å². The van der Waals surface area contributed by atoms with Crippen molar-refractivity contribution in [1.29, 1.82) is 0 Å². The summed E-state index contributed by atoms with van der Waals surface area (Å²) < 4.78 is 4.95. The van der Waals surface area contributed by atoms with Crippen LogP contribution >= 0.6 is 0 Å². The number of nitrogens with zero attached hydrogens (tertiary/aromatic N) is 3. The minimum absolute atomic E-state index is 0.313. The number of nitrogen functional groups attached to an aromatic ring is 1. The number of aromatic nitrogens is 3. The summed E-state index contributed by atoms with van der Waals surface area (Å²) in [5.74, 6) is 0.925. The van der Waals surface area contributed by atoms with Gasteiger partial charge < -0.3 is 10.3 Å². The molecule has 0 unspecified atom stereocenters. The number of hydrogen-bond donors (Lipinski definition) is 1. The Labute approximate surface area is 90.9 Å². The summed E-state index contributed by atoms with van der Waals surface area (Å²) >= 11 is 0. The topological polar surface area (TPSA) is 77.8 Å². The fraction of sp³-hybridized carbons (Fsp3) is 0. The van der Waals surface area contributed by atoms with Gasteiger partial charge in [-0.15, -0.1) is 0 Å². The van der Waals surface area contributed by atoms with Crippen LogP contribution in [0.25, 0.3) is 22.3 Å². The molecule has 0 aliphatic carbocycles. The molecule has 3 aromatic rings. The van der Waals surface area contributed by atoms with Crippen molar-refractivity contribution in [3.05, 3.63) is 36.7 Å². The van der Waals surface area contributed by atoms with E-state index in [9.17, 15) is 0 Å². The van der Waals surface area contributed by atoms with Crippen LogP contribution in [-0.2, 0) is 0 Å². The zero-order valence-electron chi connectivity index (χ0n) is 8.29. The third-order valence-corrected chi connectivity index (χ3v) is 2.34. The molecule has 0 aliphatic rings. The molecule has 0 amide bonds. The molecule has 5 nitrogen and oxygen atoms in total. The molecule has 2 aromatic heterocycles. The van der Waals surface area contributed by atoms with E-state index < -0.39 is 0 Å². The maximum Gasteiger partial charge on any atom is 0.230 e. The average Bonchev–Trinajstić information content (AvgIpc) is 2.73. The normalized spacial score (nSPS) is 10.8. The molecule has 0 saturated carbocycles. The first-order valence-electron chi connectivity index (χ1n) is 4.77. The van der Waals surface area contributed by atoms with Gasteiger partial charge in [-0.1, -0.05) is 11.2 Å². The highest BCUT2D eigenvalue weighted by atomic mass is 16.5. The molecule has 3 rings (SSSR count). The number of benzene rings is 1. The molecule has 2 N–H and O–H groups in total. The average molecular weight is 212 g/mol. The first kappa shape index (κ1) is 8.84. The standard InChI is InChI=1S/C11H8N4O/c12-10-7-3-1-4-8(9(7)15-16-10)11-13-5-2-6-14-11/h1-6H,12H2. The molecule has 0 atom stereocenters. The smallest absolute Gasteiger partial charge is 0.230 e. The maximum absolute atomic E-state index is 5.65. The largest absolute Gasteiger partial charge is 0.367 e. The summed E-state index contributed by atoms with van der Waals surface area (Å²) in [7, 11) is 0. The van der Waals surface area contributed by atoms with Crippen molar-refractivity contribution in [3.63, 3.8) is 0 Å². The van der Waals surface area contributed by atoms with Gasteiger partial charge in [0.15, 0.2) is 5.82 Å². The summed E-state index contributed by atoms with van der Waals surface area (Å²) in [4.78, 5) is 8.35. The summed E-state index contributed by atoms with van der Waals surface area (Å²) in [5.41, 5.74) is 7.16. The second kappa shape index (κ2) is 3.30. The van der Waals surface area contributed by atoms with Crippen molar-refractivity contribution >= 4 is 16.8 Å². The second-order valence-corrected chi connectivity index (χ2v) is 3.32. The number of fused-ring (bicyclic) bond motifs is 1. The Kier molecular flexibility index (Phi) is 1.83. The monoisotopic (exact) mass is 212 g/mol. The number of rotatable bonds is 1. The van der Waals surface area contributed by atoms with Gasteiger partial charge in [0, 0.05) is 18.0 Å². The lowest BCUT2D eigenvalue weighted by Crippen LogP contribution is -1.88. The number of hydrogen-bond acceptors (Lipinski definition) is 5. The van der Waals surface area contributed by atoms with Crippen LogP contribution in [0.15, 0.2) is 41.2 Å². The summed E-state index contributed by atoms with van der Waals surface area (Å²) in [6, 6.07) is 7.38. The van der Waals surface area contributed by atoms with Gasteiger partial charge >= 0.3 is 0 Å². The third-order valence-electron chi connectivity index (χ3n) is 2.34. The Morgan fingerprint density at radius 1 is 1.06 bits per heavy atom. The van der Waals surface area contributed by atoms with E-state index >= 15 is 0 Å². The highest BCUT2D eigenvalue weighted by molar-refractivity contribution is 5.96. The van der Waals surface area contributed by atoms with Crippen LogP contribution in [0.1, 0.15) is 0 Å². The van der Waals surface area contributed by atoms with Gasteiger partial charge in [-0.05, 0) is 18.2 Å². The van der Waals surface area contributed by atoms with Crippen LogP contribution in [0.2, 0.25) is 0 Å². The fourth-order valence-electron chi connectivity index (χ4n) is 1.60. The maximum atomic E-state index is 5.65. The summed E-state index contributed by atoms with van der Waals surface area (Å²) in [5, 5.41) is 4.70. The van der Waals surface area contributed by atoms with Crippen LogP contribution < -0.4 is 5.73 Å². The molecule has 0 spiro atoms. The SMILES string of the molecule is Nc1onc2c(-c3ncccn3)cccc12. The zero-order valence-corrected chi connectivity index (χ0v) is 8.29. The predicted molar refractivity (Wildman–Crippen MR) is 59.4 cm³/mol. The van der Waals surface area contributed by atoms with Crippen LogP contribution in [0, 0.1) is 0 Å². The zero-order chi connectivity index (χ0) is 11.0. The molecule has 78 valence electrons. The Morgan fingerprint density at radius 2 is 1.88 bits per heavy atom. The van der Waals surface area contributed by atoms with E-state index in [1.807, 2.05) is 18.2 Å². The molecule has 2 heterocycles. The van der Waals surface area contributed by atoms with E-state index in [-0.39, 0.29) is 0 Å². The lowest BCUT2D eigenvalue weighted by molar-refractivity contribution is 0.445. The van der Waals surface area contributed by atoms with Crippen molar-refractivity contribution < 1.29 is 4.52 Å². The first-order chi connectivity index (χ1) is 7.86. The van der Waals surface area contributed by atoms with Gasteiger partial charge in [0.25, 0.3) is 0 Å². The molecule has 0 fully saturated rings.